The van der Waals surface area contributed by atoms with Crippen molar-refractivity contribution in [2.24, 2.45) is 5.73 Å². The standard InChI is InChI=1S/C16H21N3O/c1-4-5-20-14-7-13(9-18-10-14)15(17)16-12(3)6-11(2)8-19-16/h6-10,15H,4-5,17H2,1-3H3. The van der Waals surface area contributed by atoms with Crippen LogP contribution in [0, 0.1) is 13.8 Å². The van der Waals surface area contributed by atoms with Crippen LogP contribution < -0.4 is 10.5 Å². The molecule has 2 aromatic rings. The Balaban J connectivity index is 2.26. The van der Waals surface area contributed by atoms with Crippen molar-refractivity contribution in [3.05, 3.63) is 53.1 Å². The summed E-state index contributed by atoms with van der Waals surface area (Å²) in [4.78, 5) is 8.65. The molecular weight excluding hydrogens is 250 g/mol. The molecule has 2 aromatic heterocycles. The first-order valence-electron chi connectivity index (χ1n) is 6.88. The van der Waals surface area contributed by atoms with E-state index in [2.05, 4.69) is 23.0 Å². The van der Waals surface area contributed by atoms with Crippen molar-refractivity contribution >= 4 is 0 Å². The summed E-state index contributed by atoms with van der Waals surface area (Å²) >= 11 is 0. The van der Waals surface area contributed by atoms with Crippen LogP contribution in [0.15, 0.2) is 30.7 Å². The second-order valence-electron chi connectivity index (χ2n) is 4.99. The van der Waals surface area contributed by atoms with E-state index in [9.17, 15) is 0 Å². The van der Waals surface area contributed by atoms with Gasteiger partial charge in [-0.1, -0.05) is 13.0 Å². The van der Waals surface area contributed by atoms with E-state index in [4.69, 9.17) is 10.5 Å². The Kier molecular flexibility index (Phi) is 4.69. The minimum Gasteiger partial charge on any atom is -0.492 e. The van der Waals surface area contributed by atoms with Gasteiger partial charge in [-0.25, -0.2) is 0 Å². The lowest BCUT2D eigenvalue weighted by Crippen LogP contribution is -2.15. The molecule has 0 saturated carbocycles. The number of nitrogens with two attached hydrogens (primary N) is 1. The van der Waals surface area contributed by atoms with Gasteiger partial charge < -0.3 is 10.5 Å². The molecule has 0 saturated heterocycles. The third kappa shape index (κ3) is 3.33. The maximum Gasteiger partial charge on any atom is 0.137 e. The maximum atomic E-state index is 6.31. The number of aryl methyl sites for hydroxylation is 2. The Morgan fingerprint density at radius 3 is 2.70 bits per heavy atom. The van der Waals surface area contributed by atoms with E-state index in [1.54, 1.807) is 12.4 Å². The van der Waals surface area contributed by atoms with Gasteiger partial charge in [-0.05, 0) is 43.0 Å². The van der Waals surface area contributed by atoms with E-state index in [-0.39, 0.29) is 6.04 Å². The van der Waals surface area contributed by atoms with E-state index < -0.39 is 0 Å². The Labute approximate surface area is 120 Å². The smallest absolute Gasteiger partial charge is 0.137 e. The zero-order chi connectivity index (χ0) is 14.5. The van der Waals surface area contributed by atoms with Crippen molar-refractivity contribution in [3.8, 4) is 5.75 Å². The minimum absolute atomic E-state index is 0.284. The highest BCUT2D eigenvalue weighted by Crippen LogP contribution is 2.23. The predicted molar refractivity (Wildman–Crippen MR) is 79.8 cm³/mol. The quantitative estimate of drug-likeness (QED) is 0.908. The van der Waals surface area contributed by atoms with Gasteiger partial charge in [0.1, 0.15) is 5.75 Å². The van der Waals surface area contributed by atoms with Gasteiger partial charge >= 0.3 is 0 Å². The third-order valence-corrected chi connectivity index (χ3v) is 3.12. The molecule has 0 bridgehead atoms. The van der Waals surface area contributed by atoms with Crippen LogP contribution in [0.25, 0.3) is 0 Å². The first kappa shape index (κ1) is 14.5. The molecule has 0 spiro atoms. The van der Waals surface area contributed by atoms with Crippen molar-refractivity contribution in [2.75, 3.05) is 6.61 Å². The van der Waals surface area contributed by atoms with Crippen LogP contribution in [0.5, 0.6) is 5.75 Å². The van der Waals surface area contributed by atoms with E-state index in [0.29, 0.717) is 6.61 Å². The number of nitrogens with zero attached hydrogens (tertiary/aromatic N) is 2. The Bertz CT molecular complexity index is 584. The molecule has 0 aliphatic carbocycles. The largest absolute Gasteiger partial charge is 0.492 e. The Hall–Kier alpha value is -1.94. The van der Waals surface area contributed by atoms with Crippen molar-refractivity contribution in [3.63, 3.8) is 0 Å². The van der Waals surface area contributed by atoms with Gasteiger partial charge in [-0.3, -0.25) is 9.97 Å². The van der Waals surface area contributed by atoms with E-state index in [1.807, 2.05) is 26.1 Å². The highest BCUT2D eigenvalue weighted by molar-refractivity contribution is 5.35. The molecule has 0 aromatic carbocycles. The molecule has 1 unspecified atom stereocenters. The first-order chi connectivity index (χ1) is 9.61. The second kappa shape index (κ2) is 6.48. The molecule has 4 nitrogen and oxygen atoms in total. The lowest BCUT2D eigenvalue weighted by Gasteiger charge is -2.15. The highest BCUT2D eigenvalue weighted by atomic mass is 16.5. The highest BCUT2D eigenvalue weighted by Gasteiger charge is 2.14. The lowest BCUT2D eigenvalue weighted by molar-refractivity contribution is 0.315. The van der Waals surface area contributed by atoms with E-state index in [1.165, 1.54) is 0 Å². The van der Waals surface area contributed by atoms with Crippen molar-refractivity contribution in [1.29, 1.82) is 0 Å². The summed E-state index contributed by atoms with van der Waals surface area (Å²) < 4.78 is 5.59. The fourth-order valence-electron chi connectivity index (χ4n) is 2.11. The molecule has 2 rings (SSSR count). The fourth-order valence-corrected chi connectivity index (χ4v) is 2.11. The molecule has 0 fully saturated rings. The summed E-state index contributed by atoms with van der Waals surface area (Å²) in [5.41, 5.74) is 10.3. The van der Waals surface area contributed by atoms with Crippen molar-refractivity contribution in [2.45, 2.75) is 33.2 Å². The summed E-state index contributed by atoms with van der Waals surface area (Å²) in [6, 6.07) is 3.75. The van der Waals surface area contributed by atoms with Crippen LogP contribution in [0.3, 0.4) is 0 Å². The molecule has 0 aliphatic heterocycles. The second-order valence-corrected chi connectivity index (χ2v) is 4.99. The average molecular weight is 271 g/mol. The van der Waals surface area contributed by atoms with Crippen LogP contribution in [0.4, 0.5) is 0 Å². The molecular formula is C16H21N3O. The lowest BCUT2D eigenvalue weighted by atomic mass is 10.0. The summed E-state index contributed by atoms with van der Waals surface area (Å²) in [5.74, 6) is 0.754. The van der Waals surface area contributed by atoms with Crippen LogP contribution in [0.1, 0.15) is 41.8 Å². The van der Waals surface area contributed by atoms with Gasteiger partial charge in [-0.2, -0.15) is 0 Å². The third-order valence-electron chi connectivity index (χ3n) is 3.12. The van der Waals surface area contributed by atoms with Crippen LogP contribution in [-0.2, 0) is 0 Å². The van der Waals surface area contributed by atoms with Gasteiger partial charge in [0.25, 0.3) is 0 Å². The molecule has 1 atom stereocenters. The Morgan fingerprint density at radius 2 is 2.00 bits per heavy atom. The molecule has 2 N–H and O–H groups in total. The first-order valence-corrected chi connectivity index (χ1v) is 6.88. The van der Waals surface area contributed by atoms with Crippen molar-refractivity contribution in [1.82, 2.24) is 9.97 Å². The zero-order valence-electron chi connectivity index (χ0n) is 12.3. The normalized spacial score (nSPS) is 12.2. The molecule has 2 heterocycles. The minimum atomic E-state index is -0.284. The summed E-state index contributed by atoms with van der Waals surface area (Å²) in [7, 11) is 0. The van der Waals surface area contributed by atoms with E-state index >= 15 is 0 Å². The molecule has 20 heavy (non-hydrogen) atoms. The SMILES string of the molecule is CCCOc1cncc(C(N)c2ncc(C)cc2C)c1. The van der Waals surface area contributed by atoms with Crippen LogP contribution in [-0.4, -0.2) is 16.6 Å². The Morgan fingerprint density at radius 1 is 1.20 bits per heavy atom. The van der Waals surface area contributed by atoms with Crippen LogP contribution in [0.2, 0.25) is 0 Å². The van der Waals surface area contributed by atoms with Gasteiger partial charge in [0.05, 0.1) is 24.5 Å². The van der Waals surface area contributed by atoms with Gasteiger partial charge in [0, 0.05) is 12.4 Å². The molecule has 0 aliphatic rings. The predicted octanol–water partition coefficient (Wildman–Crippen LogP) is 2.93. The van der Waals surface area contributed by atoms with E-state index in [0.717, 1.165) is 34.6 Å². The molecule has 0 amide bonds. The van der Waals surface area contributed by atoms with Crippen molar-refractivity contribution < 1.29 is 4.74 Å². The summed E-state index contributed by atoms with van der Waals surface area (Å²) in [6.07, 6.45) is 6.29. The molecule has 106 valence electrons. The number of ether oxygens (including phenoxy) is 1. The molecule has 4 heteroatoms. The van der Waals surface area contributed by atoms with Gasteiger partial charge in [-0.15, -0.1) is 0 Å². The maximum absolute atomic E-state index is 6.31. The summed E-state index contributed by atoms with van der Waals surface area (Å²) in [6.45, 7) is 6.81. The molecule has 0 radical (unpaired) electrons. The summed E-state index contributed by atoms with van der Waals surface area (Å²) in [5, 5.41) is 0. The topological polar surface area (TPSA) is 61.0 Å². The zero-order valence-corrected chi connectivity index (χ0v) is 12.3. The number of rotatable bonds is 5. The van der Waals surface area contributed by atoms with Gasteiger partial charge in [0.2, 0.25) is 0 Å². The number of hydrogen-bond acceptors (Lipinski definition) is 4. The number of hydrogen-bond donors (Lipinski definition) is 1. The van der Waals surface area contributed by atoms with Gasteiger partial charge in [0.15, 0.2) is 0 Å². The average Bonchev–Trinajstić information content (AvgIpc) is 2.45. The van der Waals surface area contributed by atoms with Crippen LogP contribution >= 0.6 is 0 Å². The fraction of sp³-hybridized carbons (Fsp3) is 0.375. The number of aromatic nitrogens is 2. The number of pyridine rings is 2. The monoisotopic (exact) mass is 271 g/mol.